The van der Waals surface area contributed by atoms with Gasteiger partial charge in [0.1, 0.15) is 0 Å². The fraction of sp³-hybridized carbons (Fsp3) is 0.615. The van der Waals surface area contributed by atoms with Crippen molar-refractivity contribution in [1.29, 1.82) is 0 Å². The number of rotatable bonds is 6. The summed E-state index contributed by atoms with van der Waals surface area (Å²) in [5.74, 6) is 0.304. The molecule has 0 unspecified atom stereocenters. The normalized spacial score (nSPS) is 15.6. The van der Waals surface area contributed by atoms with Crippen molar-refractivity contribution < 1.29 is 4.79 Å². The highest BCUT2D eigenvalue weighted by Gasteiger charge is 2.28. The van der Waals surface area contributed by atoms with Crippen LogP contribution in [0.4, 0.5) is 0 Å². The summed E-state index contributed by atoms with van der Waals surface area (Å²) in [7, 11) is 0. The van der Waals surface area contributed by atoms with Gasteiger partial charge in [0.05, 0.1) is 6.42 Å². The van der Waals surface area contributed by atoms with Crippen LogP contribution in [0.5, 0.6) is 0 Å². The molecule has 1 aliphatic carbocycles. The molecule has 1 saturated carbocycles. The zero-order valence-electron chi connectivity index (χ0n) is 9.90. The van der Waals surface area contributed by atoms with E-state index >= 15 is 0 Å². The predicted molar refractivity (Wildman–Crippen MR) is 75.8 cm³/mol. The van der Waals surface area contributed by atoms with E-state index in [1.165, 1.54) is 24.1 Å². The van der Waals surface area contributed by atoms with Gasteiger partial charge in [-0.1, -0.05) is 22.0 Å². The molecule has 0 N–H and O–H groups in total. The number of alkyl halides is 1. The Hall–Kier alpha value is -0.350. The molecule has 0 spiro atoms. The quantitative estimate of drug-likeness (QED) is 0.736. The van der Waals surface area contributed by atoms with Crippen molar-refractivity contribution in [3.05, 3.63) is 22.4 Å². The van der Waals surface area contributed by atoms with Crippen molar-refractivity contribution in [3.8, 4) is 0 Å². The fourth-order valence-corrected chi connectivity index (χ4v) is 3.05. The van der Waals surface area contributed by atoms with Gasteiger partial charge >= 0.3 is 0 Å². The zero-order valence-corrected chi connectivity index (χ0v) is 12.3. The van der Waals surface area contributed by atoms with E-state index in [9.17, 15) is 4.79 Å². The molecular formula is C13H18BrNOS. The zero-order chi connectivity index (χ0) is 12.1. The highest BCUT2D eigenvalue weighted by atomic mass is 79.9. The summed E-state index contributed by atoms with van der Waals surface area (Å²) >= 11 is 5.11. The van der Waals surface area contributed by atoms with Gasteiger partial charge in [-0.25, -0.2) is 0 Å². The van der Waals surface area contributed by atoms with Crippen LogP contribution in [0, 0.1) is 0 Å². The molecule has 0 atom stereocenters. The van der Waals surface area contributed by atoms with E-state index in [-0.39, 0.29) is 0 Å². The molecule has 17 heavy (non-hydrogen) atoms. The summed E-state index contributed by atoms with van der Waals surface area (Å²) in [6.45, 7) is 0.903. The number of hydrogen-bond donors (Lipinski definition) is 0. The van der Waals surface area contributed by atoms with Crippen LogP contribution in [0.2, 0.25) is 0 Å². The van der Waals surface area contributed by atoms with Crippen molar-refractivity contribution in [2.45, 2.75) is 38.1 Å². The van der Waals surface area contributed by atoms with Gasteiger partial charge in [0.2, 0.25) is 5.91 Å². The second-order valence-electron chi connectivity index (χ2n) is 4.47. The van der Waals surface area contributed by atoms with Gasteiger partial charge in [0.25, 0.3) is 0 Å². The number of thiophene rings is 1. The first kappa shape index (κ1) is 13.1. The highest BCUT2D eigenvalue weighted by Crippen LogP contribution is 2.26. The number of hydrogen-bond acceptors (Lipinski definition) is 2. The maximum atomic E-state index is 12.3. The van der Waals surface area contributed by atoms with Crippen molar-refractivity contribution in [2.75, 3.05) is 11.9 Å². The predicted octanol–water partition coefficient (Wildman–Crippen LogP) is 3.46. The molecule has 0 radical (unpaired) electrons. The molecular weight excluding hydrogens is 298 g/mol. The molecule has 94 valence electrons. The molecule has 1 heterocycles. The number of nitrogens with zero attached hydrogens (tertiary/aromatic N) is 1. The lowest BCUT2D eigenvalue weighted by Gasteiger charge is -2.37. The third kappa shape index (κ3) is 3.55. The van der Waals surface area contributed by atoms with Gasteiger partial charge in [-0.3, -0.25) is 4.79 Å². The van der Waals surface area contributed by atoms with E-state index in [4.69, 9.17) is 0 Å². The van der Waals surface area contributed by atoms with E-state index < -0.39 is 0 Å². The summed E-state index contributed by atoms with van der Waals surface area (Å²) in [5.41, 5.74) is 0. The van der Waals surface area contributed by atoms with E-state index in [0.717, 1.165) is 18.3 Å². The lowest BCUT2D eigenvalue weighted by molar-refractivity contribution is -0.134. The topological polar surface area (TPSA) is 20.3 Å². The first-order chi connectivity index (χ1) is 8.31. The minimum atomic E-state index is 0.304. The Morgan fingerprint density at radius 2 is 2.35 bits per heavy atom. The largest absolute Gasteiger partial charge is 0.339 e. The van der Waals surface area contributed by atoms with Crippen LogP contribution in [-0.4, -0.2) is 28.7 Å². The first-order valence-electron chi connectivity index (χ1n) is 6.19. The third-order valence-electron chi connectivity index (χ3n) is 3.27. The van der Waals surface area contributed by atoms with Crippen LogP contribution in [0.15, 0.2) is 17.5 Å². The second-order valence-corrected chi connectivity index (χ2v) is 6.30. The molecule has 1 aliphatic rings. The average molecular weight is 316 g/mol. The monoisotopic (exact) mass is 315 g/mol. The molecule has 1 amide bonds. The molecule has 0 saturated heterocycles. The van der Waals surface area contributed by atoms with Gasteiger partial charge < -0.3 is 4.90 Å². The lowest BCUT2D eigenvalue weighted by atomic mass is 9.91. The maximum absolute atomic E-state index is 12.3. The molecule has 0 aliphatic heterocycles. The Balaban J connectivity index is 1.91. The van der Waals surface area contributed by atoms with Crippen molar-refractivity contribution in [1.82, 2.24) is 4.90 Å². The minimum absolute atomic E-state index is 0.304. The Kier molecular flexibility index (Phi) is 5.04. The molecule has 2 rings (SSSR count). The van der Waals surface area contributed by atoms with Crippen LogP contribution in [0.1, 0.15) is 30.6 Å². The van der Waals surface area contributed by atoms with Crippen LogP contribution >= 0.6 is 27.3 Å². The lowest BCUT2D eigenvalue weighted by Crippen LogP contribution is -2.45. The fourth-order valence-electron chi connectivity index (χ4n) is 2.10. The second kappa shape index (κ2) is 6.55. The maximum Gasteiger partial charge on any atom is 0.228 e. The van der Waals surface area contributed by atoms with Gasteiger partial charge in [-0.2, -0.15) is 0 Å². The number of carbonyl (C=O) groups excluding carboxylic acids is 1. The minimum Gasteiger partial charge on any atom is -0.339 e. The number of carbonyl (C=O) groups is 1. The Morgan fingerprint density at radius 3 is 2.88 bits per heavy atom. The van der Waals surface area contributed by atoms with Crippen LogP contribution in [0.25, 0.3) is 0 Å². The van der Waals surface area contributed by atoms with E-state index in [1.807, 2.05) is 17.5 Å². The Bertz CT molecular complexity index is 348. The molecule has 0 bridgehead atoms. The summed E-state index contributed by atoms with van der Waals surface area (Å²) in [6, 6.07) is 4.58. The van der Waals surface area contributed by atoms with Crippen molar-refractivity contribution in [2.24, 2.45) is 0 Å². The van der Waals surface area contributed by atoms with E-state index in [1.54, 1.807) is 11.3 Å². The molecule has 1 aromatic heterocycles. The van der Waals surface area contributed by atoms with Gasteiger partial charge in [0.15, 0.2) is 0 Å². The van der Waals surface area contributed by atoms with Gasteiger partial charge in [-0.15, -0.1) is 11.3 Å². The van der Waals surface area contributed by atoms with Crippen molar-refractivity contribution >= 4 is 33.2 Å². The summed E-state index contributed by atoms with van der Waals surface area (Å²) in [6.07, 6.45) is 5.29. The molecule has 1 aromatic rings. The molecule has 2 nitrogen and oxygen atoms in total. The molecule has 4 heteroatoms. The summed E-state index contributed by atoms with van der Waals surface area (Å²) < 4.78 is 0. The van der Waals surface area contributed by atoms with Crippen molar-refractivity contribution in [3.63, 3.8) is 0 Å². The Morgan fingerprint density at radius 1 is 1.53 bits per heavy atom. The van der Waals surface area contributed by atoms with E-state index in [2.05, 4.69) is 20.8 Å². The number of halogens is 1. The van der Waals surface area contributed by atoms with Gasteiger partial charge in [0, 0.05) is 22.8 Å². The summed E-state index contributed by atoms with van der Waals surface area (Å²) in [4.78, 5) is 15.5. The average Bonchev–Trinajstić information content (AvgIpc) is 2.73. The van der Waals surface area contributed by atoms with Crippen LogP contribution in [-0.2, 0) is 11.2 Å². The Labute approximate surface area is 115 Å². The molecule has 0 aromatic carbocycles. The van der Waals surface area contributed by atoms with E-state index in [0.29, 0.717) is 18.4 Å². The summed E-state index contributed by atoms with van der Waals surface area (Å²) in [5, 5.41) is 3.01. The van der Waals surface area contributed by atoms with Crippen LogP contribution < -0.4 is 0 Å². The standard InChI is InChI=1S/C13H18BrNOS/c14-7-3-8-15(11-4-1-5-11)13(16)10-12-6-2-9-17-12/h2,6,9,11H,1,3-5,7-8,10H2. The highest BCUT2D eigenvalue weighted by molar-refractivity contribution is 9.09. The van der Waals surface area contributed by atoms with Crippen LogP contribution in [0.3, 0.4) is 0 Å². The molecule has 1 fully saturated rings. The number of amides is 1. The first-order valence-corrected chi connectivity index (χ1v) is 8.19. The smallest absolute Gasteiger partial charge is 0.228 e. The van der Waals surface area contributed by atoms with Gasteiger partial charge in [-0.05, 0) is 37.1 Å². The third-order valence-corrected chi connectivity index (χ3v) is 4.71. The SMILES string of the molecule is O=C(Cc1cccs1)N(CCCBr)C1CCC1.